The van der Waals surface area contributed by atoms with Gasteiger partial charge >= 0.3 is 6.03 Å². The minimum Gasteiger partial charge on any atom is -0.486 e. The van der Waals surface area contributed by atoms with E-state index in [1.165, 1.54) is 0 Å². The molecule has 0 bridgehead atoms. The van der Waals surface area contributed by atoms with Gasteiger partial charge in [-0.2, -0.15) is 0 Å². The van der Waals surface area contributed by atoms with Gasteiger partial charge in [0.1, 0.15) is 13.2 Å². The Balaban J connectivity index is 1.30. The third-order valence-electron chi connectivity index (χ3n) is 4.83. The van der Waals surface area contributed by atoms with Crippen molar-refractivity contribution in [1.29, 1.82) is 0 Å². The van der Waals surface area contributed by atoms with Gasteiger partial charge in [0.15, 0.2) is 23.0 Å². The van der Waals surface area contributed by atoms with Crippen LogP contribution in [0.5, 0.6) is 23.0 Å². The van der Waals surface area contributed by atoms with Gasteiger partial charge in [0, 0.05) is 11.8 Å². The van der Waals surface area contributed by atoms with Gasteiger partial charge in [-0.1, -0.05) is 6.07 Å². The minimum absolute atomic E-state index is 0.207. The number of carbonyl (C=O) groups is 1. The highest BCUT2D eigenvalue weighted by Gasteiger charge is 2.46. The van der Waals surface area contributed by atoms with Crippen molar-refractivity contribution in [2.75, 3.05) is 25.3 Å². The molecule has 0 radical (unpaired) electrons. The molecule has 3 aliphatic rings. The van der Waals surface area contributed by atoms with Crippen LogP contribution in [0.1, 0.15) is 18.4 Å². The number of urea groups is 1. The SMILES string of the molecule is O=C(Nc1ccc2c(c1)OCO2)NC1(c2ccc3c(c2)OCCO3)CC1. The normalized spacial score (nSPS) is 18.2. The molecule has 0 saturated heterocycles. The number of ether oxygens (including phenoxy) is 4. The van der Waals surface area contributed by atoms with Gasteiger partial charge in [-0.05, 0) is 42.7 Å². The van der Waals surface area contributed by atoms with Gasteiger partial charge in [0.25, 0.3) is 0 Å². The van der Waals surface area contributed by atoms with Crippen molar-refractivity contribution in [2.24, 2.45) is 0 Å². The van der Waals surface area contributed by atoms with E-state index in [2.05, 4.69) is 10.6 Å². The molecule has 134 valence electrons. The second kappa shape index (κ2) is 5.72. The number of anilines is 1. The molecule has 2 aliphatic heterocycles. The van der Waals surface area contributed by atoms with Gasteiger partial charge in [-0.25, -0.2) is 4.79 Å². The molecule has 0 atom stereocenters. The molecule has 0 unspecified atom stereocenters. The number of nitrogens with one attached hydrogen (secondary N) is 2. The Labute approximate surface area is 150 Å². The molecule has 2 amide bonds. The van der Waals surface area contributed by atoms with Crippen molar-refractivity contribution >= 4 is 11.7 Å². The van der Waals surface area contributed by atoms with Crippen LogP contribution in [-0.2, 0) is 5.54 Å². The summed E-state index contributed by atoms with van der Waals surface area (Å²) in [6, 6.07) is 10.9. The molecule has 2 N–H and O–H groups in total. The van der Waals surface area contributed by atoms with E-state index >= 15 is 0 Å². The Kier molecular flexibility index (Phi) is 3.34. The monoisotopic (exact) mass is 354 g/mol. The summed E-state index contributed by atoms with van der Waals surface area (Å²) in [6.45, 7) is 1.31. The standard InChI is InChI=1S/C19H18N2O5/c22-18(20-13-2-4-15-17(10-13)26-11-25-15)21-19(5-6-19)12-1-3-14-16(9-12)24-8-7-23-14/h1-4,9-10H,5-8,11H2,(H2,20,21,22). The third-order valence-corrected chi connectivity index (χ3v) is 4.83. The van der Waals surface area contributed by atoms with Crippen molar-refractivity contribution in [3.8, 4) is 23.0 Å². The number of amides is 2. The van der Waals surface area contributed by atoms with Crippen LogP contribution in [0, 0.1) is 0 Å². The predicted molar refractivity (Wildman–Crippen MR) is 93.1 cm³/mol. The smallest absolute Gasteiger partial charge is 0.319 e. The maximum atomic E-state index is 12.5. The fourth-order valence-electron chi connectivity index (χ4n) is 3.31. The lowest BCUT2D eigenvalue weighted by molar-refractivity contribution is 0.171. The molecular weight excluding hydrogens is 336 g/mol. The molecule has 1 saturated carbocycles. The number of carbonyl (C=O) groups excluding carboxylic acids is 1. The highest BCUT2D eigenvalue weighted by molar-refractivity contribution is 5.90. The summed E-state index contributed by atoms with van der Waals surface area (Å²) < 4.78 is 21.8. The largest absolute Gasteiger partial charge is 0.486 e. The second-order valence-electron chi connectivity index (χ2n) is 6.59. The van der Waals surface area contributed by atoms with Gasteiger partial charge in [-0.15, -0.1) is 0 Å². The van der Waals surface area contributed by atoms with Crippen LogP contribution >= 0.6 is 0 Å². The van der Waals surface area contributed by atoms with Crippen LogP contribution in [0.15, 0.2) is 36.4 Å². The number of rotatable bonds is 3. The fourth-order valence-corrected chi connectivity index (χ4v) is 3.31. The molecule has 1 aliphatic carbocycles. The van der Waals surface area contributed by atoms with E-state index in [1.807, 2.05) is 18.2 Å². The Bertz CT molecular complexity index is 878. The van der Waals surface area contributed by atoms with Crippen molar-refractivity contribution in [2.45, 2.75) is 18.4 Å². The maximum Gasteiger partial charge on any atom is 0.319 e. The first kappa shape index (κ1) is 15.2. The van der Waals surface area contributed by atoms with E-state index < -0.39 is 0 Å². The summed E-state index contributed by atoms with van der Waals surface area (Å²) in [7, 11) is 0. The molecular formula is C19H18N2O5. The zero-order valence-corrected chi connectivity index (χ0v) is 14.0. The Hall–Kier alpha value is -3.09. The van der Waals surface area contributed by atoms with E-state index in [4.69, 9.17) is 18.9 Å². The molecule has 0 aromatic heterocycles. The lowest BCUT2D eigenvalue weighted by Gasteiger charge is -2.23. The van der Waals surface area contributed by atoms with E-state index in [0.717, 1.165) is 29.9 Å². The fraction of sp³-hybridized carbons (Fsp3) is 0.316. The Morgan fingerprint density at radius 3 is 2.38 bits per heavy atom. The predicted octanol–water partition coefficient (Wildman–Crippen LogP) is 3.00. The number of fused-ring (bicyclic) bond motifs is 2. The van der Waals surface area contributed by atoms with E-state index in [1.54, 1.807) is 18.2 Å². The van der Waals surface area contributed by atoms with Crippen molar-refractivity contribution in [3.05, 3.63) is 42.0 Å². The first-order chi connectivity index (χ1) is 12.7. The molecule has 5 rings (SSSR count). The maximum absolute atomic E-state index is 12.5. The van der Waals surface area contributed by atoms with Crippen molar-refractivity contribution in [1.82, 2.24) is 5.32 Å². The van der Waals surface area contributed by atoms with E-state index in [-0.39, 0.29) is 18.4 Å². The Morgan fingerprint density at radius 2 is 1.54 bits per heavy atom. The van der Waals surface area contributed by atoms with E-state index in [9.17, 15) is 4.79 Å². The lowest BCUT2D eigenvalue weighted by atomic mass is 10.0. The van der Waals surface area contributed by atoms with Crippen molar-refractivity contribution in [3.63, 3.8) is 0 Å². The number of hydrogen-bond acceptors (Lipinski definition) is 5. The molecule has 26 heavy (non-hydrogen) atoms. The second-order valence-corrected chi connectivity index (χ2v) is 6.59. The Morgan fingerprint density at radius 1 is 0.846 bits per heavy atom. The minimum atomic E-state index is -0.351. The first-order valence-electron chi connectivity index (χ1n) is 8.61. The summed E-state index contributed by atoms with van der Waals surface area (Å²) in [6.07, 6.45) is 1.78. The number of benzene rings is 2. The van der Waals surface area contributed by atoms with Crippen LogP contribution in [0.25, 0.3) is 0 Å². The van der Waals surface area contributed by atoms with E-state index in [0.29, 0.717) is 30.4 Å². The quantitative estimate of drug-likeness (QED) is 0.886. The average Bonchev–Trinajstić information content (AvgIpc) is 3.28. The van der Waals surface area contributed by atoms with Gasteiger partial charge < -0.3 is 29.6 Å². The topological polar surface area (TPSA) is 78.1 Å². The third kappa shape index (κ3) is 2.65. The molecule has 2 aromatic rings. The van der Waals surface area contributed by atoms with Gasteiger partial charge in [0.2, 0.25) is 6.79 Å². The van der Waals surface area contributed by atoms with Gasteiger partial charge in [-0.3, -0.25) is 0 Å². The molecule has 1 fully saturated rings. The summed E-state index contributed by atoms with van der Waals surface area (Å²) in [4.78, 5) is 12.5. The van der Waals surface area contributed by atoms with Crippen LogP contribution in [-0.4, -0.2) is 26.0 Å². The van der Waals surface area contributed by atoms with Crippen LogP contribution < -0.4 is 29.6 Å². The molecule has 7 nitrogen and oxygen atoms in total. The highest BCUT2D eigenvalue weighted by atomic mass is 16.7. The molecule has 2 aromatic carbocycles. The molecule has 0 spiro atoms. The summed E-state index contributed by atoms with van der Waals surface area (Å²) >= 11 is 0. The summed E-state index contributed by atoms with van der Waals surface area (Å²) in [5.41, 5.74) is 1.34. The van der Waals surface area contributed by atoms with Crippen LogP contribution in [0.4, 0.5) is 10.5 Å². The zero-order chi connectivity index (χ0) is 17.6. The molecule has 7 heteroatoms. The summed E-state index contributed by atoms with van der Waals surface area (Å²) in [5, 5.41) is 5.95. The highest BCUT2D eigenvalue weighted by Crippen LogP contribution is 2.48. The van der Waals surface area contributed by atoms with Gasteiger partial charge in [0.05, 0.1) is 5.54 Å². The van der Waals surface area contributed by atoms with Crippen LogP contribution in [0.2, 0.25) is 0 Å². The first-order valence-corrected chi connectivity index (χ1v) is 8.61. The van der Waals surface area contributed by atoms with Crippen LogP contribution in [0.3, 0.4) is 0 Å². The average molecular weight is 354 g/mol. The van der Waals surface area contributed by atoms with Crippen molar-refractivity contribution < 1.29 is 23.7 Å². The lowest BCUT2D eigenvalue weighted by Crippen LogP contribution is -2.38. The molecule has 2 heterocycles. The number of hydrogen-bond donors (Lipinski definition) is 2. The zero-order valence-electron chi connectivity index (χ0n) is 14.0. The summed E-state index contributed by atoms with van der Waals surface area (Å²) in [5.74, 6) is 2.81.